The Morgan fingerprint density at radius 3 is 1.38 bits per heavy atom. The maximum atomic E-state index is 12.8. The molecule has 0 amide bonds. The molecule has 0 radical (unpaired) electrons. The zero-order valence-electron chi connectivity index (χ0n) is 40.7. The molecule has 2 unspecified atom stereocenters. The molecule has 358 valence electrons. The summed E-state index contributed by atoms with van der Waals surface area (Å²) in [6.45, 7) is 4.46. The van der Waals surface area contributed by atoms with Crippen molar-refractivity contribution in [3.63, 3.8) is 0 Å². The minimum atomic E-state index is -1.14. The summed E-state index contributed by atoms with van der Waals surface area (Å²) in [5, 5.41) is 11.7. The zero-order chi connectivity index (χ0) is 46.3. The van der Waals surface area contributed by atoms with Crippen molar-refractivity contribution in [2.75, 3.05) is 41.0 Å². The standard InChI is InChI=1S/C55H91NO7/c1-6-8-10-12-14-16-18-20-22-24-26-28-29-31-33-35-37-39-41-43-45-53(57)62-50-51(49-61-48-47-52(55(59)60)56(3,4)5)63-54(58)46-44-42-40-38-36-34-32-30-27-25-23-21-19-17-15-13-11-9-7-2/h9,11,13,15,17,19,21,23,25-28,30,32,34,36,51-52H,6-8,10,12,14,16,18,20,22,24,29,31,33,35,37-50H2,1-5H3/b11-9+,15-13+,19-17+,23-21+,27-25+,28-26+,32-30+,36-34+. The van der Waals surface area contributed by atoms with E-state index in [1.165, 1.54) is 96.3 Å². The monoisotopic (exact) mass is 878 g/mol. The van der Waals surface area contributed by atoms with Gasteiger partial charge in [0.2, 0.25) is 0 Å². The van der Waals surface area contributed by atoms with Crippen molar-refractivity contribution < 1.29 is 38.2 Å². The first-order valence-corrected chi connectivity index (χ1v) is 24.9. The number of carboxylic acids is 1. The van der Waals surface area contributed by atoms with E-state index in [1.807, 2.05) is 72.9 Å². The SMILES string of the molecule is CC/C=C/C=C/C=C/C=C/C=C/C=C/C=C/CCCCCC(=O)OC(COCCC(C(=O)[O-])[N+](C)(C)C)COC(=O)CCCCCCCCC/C=C/CCCCCCCCCCC. The average Bonchev–Trinajstić information content (AvgIpc) is 3.24. The lowest BCUT2D eigenvalue weighted by Gasteiger charge is -2.34. The van der Waals surface area contributed by atoms with Gasteiger partial charge in [-0.3, -0.25) is 9.59 Å². The predicted molar refractivity (Wildman–Crippen MR) is 263 cm³/mol. The third-order valence-electron chi connectivity index (χ3n) is 10.6. The van der Waals surface area contributed by atoms with Crippen LogP contribution in [0.2, 0.25) is 0 Å². The van der Waals surface area contributed by atoms with E-state index < -0.39 is 18.1 Å². The van der Waals surface area contributed by atoms with Gasteiger partial charge in [0.1, 0.15) is 12.6 Å². The van der Waals surface area contributed by atoms with Crippen LogP contribution in [0.5, 0.6) is 0 Å². The molecular weight excluding hydrogens is 787 g/mol. The molecule has 0 spiro atoms. The number of quaternary nitrogens is 1. The van der Waals surface area contributed by atoms with Gasteiger partial charge in [-0.25, -0.2) is 0 Å². The highest BCUT2D eigenvalue weighted by Gasteiger charge is 2.25. The van der Waals surface area contributed by atoms with Gasteiger partial charge in [0.25, 0.3) is 0 Å². The number of hydrogen-bond acceptors (Lipinski definition) is 7. The number of carboxylic acid groups (broad SMARTS) is 1. The Kier molecular flexibility index (Phi) is 42.2. The molecule has 8 heteroatoms. The first-order chi connectivity index (χ1) is 30.6. The van der Waals surface area contributed by atoms with Crippen LogP contribution in [0.1, 0.15) is 181 Å². The summed E-state index contributed by atoms with van der Waals surface area (Å²) >= 11 is 0. The number of unbranched alkanes of at least 4 members (excludes halogenated alkanes) is 19. The second-order valence-corrected chi connectivity index (χ2v) is 17.5. The van der Waals surface area contributed by atoms with Crippen LogP contribution in [-0.2, 0) is 28.6 Å². The molecule has 0 bridgehead atoms. The Labute approximate surface area is 386 Å². The van der Waals surface area contributed by atoms with Gasteiger partial charge >= 0.3 is 11.9 Å². The highest BCUT2D eigenvalue weighted by Crippen LogP contribution is 2.14. The third kappa shape index (κ3) is 43.3. The van der Waals surface area contributed by atoms with Gasteiger partial charge in [-0.05, 0) is 57.8 Å². The fraction of sp³-hybridized carbons (Fsp3) is 0.655. The second kappa shape index (κ2) is 44.8. The van der Waals surface area contributed by atoms with E-state index >= 15 is 0 Å². The molecule has 0 fully saturated rings. The molecule has 0 aromatic carbocycles. The van der Waals surface area contributed by atoms with Gasteiger partial charge in [0, 0.05) is 19.3 Å². The van der Waals surface area contributed by atoms with Crippen molar-refractivity contribution in [3.05, 3.63) is 97.2 Å². The average molecular weight is 878 g/mol. The molecule has 8 nitrogen and oxygen atoms in total. The molecule has 0 aromatic heterocycles. The first-order valence-electron chi connectivity index (χ1n) is 24.9. The lowest BCUT2D eigenvalue weighted by molar-refractivity contribution is -0.889. The van der Waals surface area contributed by atoms with Crippen molar-refractivity contribution in [1.29, 1.82) is 0 Å². The lowest BCUT2D eigenvalue weighted by Crippen LogP contribution is -2.55. The number of likely N-dealkylation sites (N-methyl/N-ethyl adjacent to an activating group) is 1. The van der Waals surface area contributed by atoms with Crippen LogP contribution in [0.15, 0.2) is 97.2 Å². The van der Waals surface area contributed by atoms with Gasteiger partial charge < -0.3 is 28.6 Å². The Balaban J connectivity index is 4.39. The predicted octanol–water partition coefficient (Wildman–Crippen LogP) is 12.9. The normalized spacial score (nSPS) is 13.7. The van der Waals surface area contributed by atoms with E-state index in [4.69, 9.17) is 14.2 Å². The second-order valence-electron chi connectivity index (χ2n) is 17.5. The minimum absolute atomic E-state index is 0.0145. The highest BCUT2D eigenvalue weighted by atomic mass is 16.6. The maximum Gasteiger partial charge on any atom is 0.306 e. The summed E-state index contributed by atoms with van der Waals surface area (Å²) in [6.07, 6.45) is 60.1. The quantitative estimate of drug-likeness (QED) is 0.0198. The van der Waals surface area contributed by atoms with Crippen molar-refractivity contribution in [1.82, 2.24) is 0 Å². The number of carbonyl (C=O) groups excluding carboxylic acids is 3. The molecule has 0 heterocycles. The zero-order valence-corrected chi connectivity index (χ0v) is 40.7. The number of rotatable bonds is 43. The summed E-state index contributed by atoms with van der Waals surface area (Å²) in [7, 11) is 5.38. The van der Waals surface area contributed by atoms with Gasteiger partial charge in [-0.2, -0.15) is 0 Å². The van der Waals surface area contributed by atoms with Crippen LogP contribution in [0.25, 0.3) is 0 Å². The molecule has 0 N–H and O–H groups in total. The molecule has 0 saturated heterocycles. The third-order valence-corrected chi connectivity index (χ3v) is 10.6. The maximum absolute atomic E-state index is 12.8. The molecule has 0 aromatic rings. The number of esters is 2. The molecule has 0 aliphatic rings. The first kappa shape index (κ1) is 59.2. The van der Waals surface area contributed by atoms with Gasteiger partial charge in [-0.15, -0.1) is 0 Å². The molecule has 2 atom stereocenters. The van der Waals surface area contributed by atoms with Crippen molar-refractivity contribution in [2.45, 2.75) is 193 Å². The summed E-state index contributed by atoms with van der Waals surface area (Å²) in [6, 6.07) is -0.742. The number of hydrogen-bond donors (Lipinski definition) is 0. The molecular formula is C55H91NO7. The van der Waals surface area contributed by atoms with Crippen LogP contribution in [-0.4, -0.2) is 75.5 Å². The van der Waals surface area contributed by atoms with Crippen LogP contribution >= 0.6 is 0 Å². The molecule has 0 saturated carbocycles. The fourth-order valence-corrected chi connectivity index (χ4v) is 6.81. The van der Waals surface area contributed by atoms with E-state index in [0.717, 1.165) is 44.9 Å². The molecule has 0 aliphatic heterocycles. The smallest absolute Gasteiger partial charge is 0.306 e. The van der Waals surface area contributed by atoms with Gasteiger partial charge in [-0.1, -0.05) is 201 Å². The summed E-state index contributed by atoms with van der Waals surface area (Å²) < 4.78 is 17.2. The van der Waals surface area contributed by atoms with Crippen LogP contribution in [0.3, 0.4) is 0 Å². The van der Waals surface area contributed by atoms with Crippen molar-refractivity contribution in [3.8, 4) is 0 Å². The minimum Gasteiger partial charge on any atom is -0.544 e. The molecule has 0 rings (SSSR count). The Hall–Kier alpha value is -3.75. The van der Waals surface area contributed by atoms with Gasteiger partial charge in [0.15, 0.2) is 6.10 Å². The largest absolute Gasteiger partial charge is 0.544 e. The molecule has 63 heavy (non-hydrogen) atoms. The molecule has 0 aliphatic carbocycles. The number of aliphatic carboxylic acids is 1. The number of nitrogens with zero attached hydrogens (tertiary/aromatic N) is 1. The van der Waals surface area contributed by atoms with E-state index in [0.29, 0.717) is 12.8 Å². The Morgan fingerprint density at radius 2 is 0.905 bits per heavy atom. The summed E-state index contributed by atoms with van der Waals surface area (Å²) in [4.78, 5) is 37.0. The van der Waals surface area contributed by atoms with E-state index in [9.17, 15) is 19.5 Å². The van der Waals surface area contributed by atoms with Crippen molar-refractivity contribution in [2.24, 2.45) is 0 Å². The van der Waals surface area contributed by atoms with Crippen LogP contribution in [0, 0.1) is 0 Å². The Morgan fingerprint density at radius 1 is 0.492 bits per heavy atom. The Bertz CT molecular complexity index is 1350. The number of ether oxygens (including phenoxy) is 3. The summed E-state index contributed by atoms with van der Waals surface area (Å²) in [5.41, 5.74) is 0. The van der Waals surface area contributed by atoms with E-state index in [1.54, 1.807) is 21.1 Å². The number of carbonyl (C=O) groups is 3. The summed E-state index contributed by atoms with van der Waals surface area (Å²) in [5.74, 6) is -1.81. The van der Waals surface area contributed by atoms with Crippen LogP contribution in [0.4, 0.5) is 0 Å². The lowest BCUT2D eigenvalue weighted by atomic mass is 10.1. The van der Waals surface area contributed by atoms with Crippen LogP contribution < -0.4 is 5.11 Å². The number of allylic oxidation sites excluding steroid dienone is 16. The topological polar surface area (TPSA) is 102 Å². The van der Waals surface area contributed by atoms with E-state index in [2.05, 4.69) is 38.2 Å². The fourth-order valence-electron chi connectivity index (χ4n) is 6.81. The highest BCUT2D eigenvalue weighted by molar-refractivity contribution is 5.70. The van der Waals surface area contributed by atoms with Gasteiger partial charge in [0.05, 0.1) is 40.3 Å². The van der Waals surface area contributed by atoms with Crippen molar-refractivity contribution >= 4 is 17.9 Å². The van der Waals surface area contributed by atoms with E-state index in [-0.39, 0.29) is 49.1 Å².